The van der Waals surface area contributed by atoms with Gasteiger partial charge < -0.3 is 9.47 Å². The SMILES string of the molecule is COc1ccc(C2CCS2)cc1OC. The zero-order valence-corrected chi connectivity index (χ0v) is 9.26. The Morgan fingerprint density at radius 3 is 2.43 bits per heavy atom. The molecule has 0 saturated carbocycles. The Labute approximate surface area is 88.6 Å². The molecule has 0 aliphatic carbocycles. The first-order chi connectivity index (χ1) is 6.85. The number of ether oxygens (including phenoxy) is 2. The highest BCUT2D eigenvalue weighted by Crippen LogP contribution is 2.44. The van der Waals surface area contributed by atoms with E-state index < -0.39 is 0 Å². The second kappa shape index (κ2) is 4.13. The molecule has 1 saturated heterocycles. The third kappa shape index (κ3) is 1.69. The van der Waals surface area contributed by atoms with Crippen LogP contribution in [0.2, 0.25) is 0 Å². The van der Waals surface area contributed by atoms with Crippen LogP contribution in [0.4, 0.5) is 0 Å². The van der Waals surface area contributed by atoms with Gasteiger partial charge in [0, 0.05) is 5.25 Å². The number of benzene rings is 1. The van der Waals surface area contributed by atoms with Gasteiger partial charge in [-0.05, 0) is 29.9 Å². The van der Waals surface area contributed by atoms with Crippen LogP contribution in [0.25, 0.3) is 0 Å². The minimum absolute atomic E-state index is 0.662. The largest absolute Gasteiger partial charge is 0.493 e. The number of rotatable bonds is 3. The van der Waals surface area contributed by atoms with E-state index in [4.69, 9.17) is 9.47 Å². The minimum atomic E-state index is 0.662. The predicted octanol–water partition coefficient (Wildman–Crippen LogP) is 2.88. The van der Waals surface area contributed by atoms with Crippen LogP contribution in [0.3, 0.4) is 0 Å². The summed E-state index contributed by atoms with van der Waals surface area (Å²) in [6, 6.07) is 6.18. The number of hydrogen-bond acceptors (Lipinski definition) is 3. The molecule has 0 N–H and O–H groups in total. The van der Waals surface area contributed by atoms with Crippen molar-refractivity contribution in [1.29, 1.82) is 0 Å². The lowest BCUT2D eigenvalue weighted by molar-refractivity contribution is 0.354. The molecule has 76 valence electrons. The van der Waals surface area contributed by atoms with E-state index in [9.17, 15) is 0 Å². The molecule has 0 radical (unpaired) electrons. The first-order valence-corrected chi connectivity index (χ1v) is 5.73. The monoisotopic (exact) mass is 210 g/mol. The summed E-state index contributed by atoms with van der Waals surface area (Å²) < 4.78 is 10.5. The minimum Gasteiger partial charge on any atom is -0.493 e. The molecule has 0 amide bonds. The smallest absolute Gasteiger partial charge is 0.161 e. The van der Waals surface area contributed by atoms with Crippen LogP contribution in [0.5, 0.6) is 11.5 Å². The van der Waals surface area contributed by atoms with Gasteiger partial charge in [0.2, 0.25) is 0 Å². The molecule has 0 spiro atoms. The lowest BCUT2D eigenvalue weighted by Gasteiger charge is -2.25. The van der Waals surface area contributed by atoms with E-state index in [-0.39, 0.29) is 0 Å². The van der Waals surface area contributed by atoms with Gasteiger partial charge in [-0.1, -0.05) is 6.07 Å². The molecule has 1 fully saturated rings. The quantitative estimate of drug-likeness (QED) is 0.764. The average molecular weight is 210 g/mol. The van der Waals surface area contributed by atoms with Gasteiger partial charge in [-0.2, -0.15) is 11.8 Å². The van der Waals surface area contributed by atoms with Crippen LogP contribution in [0.1, 0.15) is 17.2 Å². The zero-order valence-electron chi connectivity index (χ0n) is 8.45. The van der Waals surface area contributed by atoms with Crippen LogP contribution in [0, 0.1) is 0 Å². The lowest BCUT2D eigenvalue weighted by atomic mass is 10.1. The van der Waals surface area contributed by atoms with Crippen LogP contribution in [-0.2, 0) is 0 Å². The lowest BCUT2D eigenvalue weighted by Crippen LogP contribution is -2.07. The molecule has 1 unspecified atom stereocenters. The fourth-order valence-corrected chi connectivity index (χ4v) is 2.36. The summed E-state index contributed by atoms with van der Waals surface area (Å²) in [4.78, 5) is 0. The predicted molar refractivity (Wildman–Crippen MR) is 59.4 cm³/mol. The van der Waals surface area contributed by atoms with E-state index in [2.05, 4.69) is 12.1 Å². The number of methoxy groups -OCH3 is 2. The maximum absolute atomic E-state index is 5.26. The molecule has 1 aromatic carbocycles. The van der Waals surface area contributed by atoms with Crippen molar-refractivity contribution in [2.75, 3.05) is 20.0 Å². The van der Waals surface area contributed by atoms with E-state index in [0.717, 1.165) is 11.5 Å². The molecule has 14 heavy (non-hydrogen) atoms. The molecule has 1 atom stereocenters. The summed E-state index contributed by atoms with van der Waals surface area (Å²) in [5.74, 6) is 2.91. The molecule has 2 rings (SSSR count). The molecule has 1 heterocycles. The Hall–Kier alpha value is -0.830. The normalized spacial score (nSPS) is 20.0. The topological polar surface area (TPSA) is 18.5 Å². The van der Waals surface area contributed by atoms with Gasteiger partial charge in [-0.3, -0.25) is 0 Å². The van der Waals surface area contributed by atoms with Crippen molar-refractivity contribution in [3.63, 3.8) is 0 Å². The summed E-state index contributed by atoms with van der Waals surface area (Å²) in [5, 5.41) is 0.662. The van der Waals surface area contributed by atoms with Crippen LogP contribution in [0.15, 0.2) is 18.2 Å². The zero-order chi connectivity index (χ0) is 9.97. The first kappa shape index (κ1) is 9.71. The van der Waals surface area contributed by atoms with Gasteiger partial charge >= 0.3 is 0 Å². The highest BCUT2D eigenvalue weighted by molar-refractivity contribution is 8.00. The summed E-state index contributed by atoms with van der Waals surface area (Å²) in [5.41, 5.74) is 1.35. The van der Waals surface area contributed by atoms with Gasteiger partial charge in [0.15, 0.2) is 11.5 Å². The fourth-order valence-electron chi connectivity index (χ4n) is 1.55. The molecule has 1 aliphatic rings. The van der Waals surface area contributed by atoms with Crippen LogP contribution < -0.4 is 9.47 Å². The molecular formula is C11H14O2S. The summed E-state index contributed by atoms with van der Waals surface area (Å²) in [7, 11) is 3.34. The maximum atomic E-state index is 5.26. The van der Waals surface area contributed by atoms with Gasteiger partial charge in [-0.15, -0.1) is 0 Å². The van der Waals surface area contributed by atoms with E-state index >= 15 is 0 Å². The van der Waals surface area contributed by atoms with E-state index in [1.807, 2.05) is 17.8 Å². The van der Waals surface area contributed by atoms with Crippen molar-refractivity contribution in [2.24, 2.45) is 0 Å². The third-order valence-corrected chi connectivity index (χ3v) is 3.86. The number of hydrogen-bond donors (Lipinski definition) is 0. The summed E-state index contributed by atoms with van der Waals surface area (Å²) in [6.07, 6.45) is 1.28. The van der Waals surface area contributed by atoms with Crippen LogP contribution in [-0.4, -0.2) is 20.0 Å². The molecule has 3 heteroatoms. The van der Waals surface area contributed by atoms with Gasteiger partial charge in [0.05, 0.1) is 14.2 Å². The van der Waals surface area contributed by atoms with E-state index in [1.165, 1.54) is 17.7 Å². The van der Waals surface area contributed by atoms with Crippen molar-refractivity contribution in [3.05, 3.63) is 23.8 Å². The third-order valence-electron chi connectivity index (χ3n) is 2.48. The van der Waals surface area contributed by atoms with Crippen molar-refractivity contribution in [3.8, 4) is 11.5 Å². The van der Waals surface area contributed by atoms with Gasteiger partial charge in [-0.25, -0.2) is 0 Å². The Kier molecular flexibility index (Phi) is 2.87. The highest BCUT2D eigenvalue weighted by Gasteiger charge is 2.21. The molecule has 0 bridgehead atoms. The first-order valence-electron chi connectivity index (χ1n) is 4.68. The highest BCUT2D eigenvalue weighted by atomic mass is 32.2. The number of thioether (sulfide) groups is 1. The van der Waals surface area contributed by atoms with Crippen molar-refractivity contribution >= 4 is 11.8 Å². The summed E-state index contributed by atoms with van der Waals surface area (Å²) >= 11 is 1.99. The Morgan fingerprint density at radius 2 is 1.93 bits per heavy atom. The maximum Gasteiger partial charge on any atom is 0.161 e. The molecule has 1 aliphatic heterocycles. The standard InChI is InChI=1S/C11H14O2S/c1-12-9-4-3-8(7-10(9)13-2)11-5-6-14-11/h3-4,7,11H,5-6H2,1-2H3. The second-order valence-electron chi connectivity index (χ2n) is 3.26. The van der Waals surface area contributed by atoms with Crippen LogP contribution >= 0.6 is 11.8 Å². The molecule has 1 aromatic rings. The Bertz CT molecular complexity index is 321. The summed E-state index contributed by atoms with van der Waals surface area (Å²) in [6.45, 7) is 0. The Balaban J connectivity index is 2.26. The molecule has 2 nitrogen and oxygen atoms in total. The molecular weight excluding hydrogens is 196 g/mol. The van der Waals surface area contributed by atoms with E-state index in [1.54, 1.807) is 14.2 Å². The average Bonchev–Trinajstić information content (AvgIpc) is 2.15. The van der Waals surface area contributed by atoms with Gasteiger partial charge in [0.25, 0.3) is 0 Å². The Morgan fingerprint density at radius 1 is 1.21 bits per heavy atom. The van der Waals surface area contributed by atoms with Crippen molar-refractivity contribution in [1.82, 2.24) is 0 Å². The van der Waals surface area contributed by atoms with Crippen molar-refractivity contribution in [2.45, 2.75) is 11.7 Å². The van der Waals surface area contributed by atoms with E-state index in [0.29, 0.717) is 5.25 Å². The second-order valence-corrected chi connectivity index (χ2v) is 4.57. The fraction of sp³-hybridized carbons (Fsp3) is 0.455. The van der Waals surface area contributed by atoms with Gasteiger partial charge in [0.1, 0.15) is 0 Å². The molecule has 0 aromatic heterocycles. The van der Waals surface area contributed by atoms with Crippen molar-refractivity contribution < 1.29 is 9.47 Å².